The summed E-state index contributed by atoms with van der Waals surface area (Å²) in [4.78, 5) is 14.7. The largest absolute Gasteiger partial charge is 0.340 e. The smallest absolute Gasteiger partial charge is 0.243 e. The van der Waals surface area contributed by atoms with E-state index < -0.39 is 21.7 Å². The minimum atomic E-state index is -3.93. The summed E-state index contributed by atoms with van der Waals surface area (Å²) in [7, 11) is -3.93. The third-order valence-electron chi connectivity index (χ3n) is 4.52. The molecule has 0 N–H and O–H groups in total. The quantitative estimate of drug-likeness (QED) is 0.618. The number of carbonyl (C=O) groups excluding carboxylic acids is 1. The van der Waals surface area contributed by atoms with Crippen LogP contribution < -0.4 is 0 Å². The number of sulfonamides is 1. The fourth-order valence-electron chi connectivity index (χ4n) is 2.91. The Morgan fingerprint density at radius 2 is 1.66 bits per heavy atom. The average molecular weight is 461 g/mol. The molecule has 3 rings (SSSR count). The number of rotatable bonds is 6. The molecule has 0 aromatic heterocycles. The topological polar surface area (TPSA) is 57.7 Å². The number of benzene rings is 2. The van der Waals surface area contributed by atoms with Gasteiger partial charge in [-0.15, -0.1) is 11.8 Å². The first-order chi connectivity index (χ1) is 13.8. The minimum Gasteiger partial charge on any atom is -0.340 e. The van der Waals surface area contributed by atoms with Crippen LogP contribution in [0, 0.1) is 11.6 Å². The molecule has 0 atom stereocenters. The van der Waals surface area contributed by atoms with Crippen LogP contribution in [-0.4, -0.2) is 55.5 Å². The van der Waals surface area contributed by atoms with Crippen molar-refractivity contribution in [3.8, 4) is 0 Å². The summed E-state index contributed by atoms with van der Waals surface area (Å²) < 4.78 is 52.8. The van der Waals surface area contributed by atoms with Gasteiger partial charge in [0.1, 0.15) is 0 Å². The van der Waals surface area contributed by atoms with Crippen molar-refractivity contribution in [3.63, 3.8) is 0 Å². The van der Waals surface area contributed by atoms with Gasteiger partial charge < -0.3 is 4.90 Å². The highest BCUT2D eigenvalue weighted by Crippen LogP contribution is 2.22. The van der Waals surface area contributed by atoms with Crippen LogP contribution in [0.4, 0.5) is 8.78 Å². The van der Waals surface area contributed by atoms with Crippen LogP contribution in [0.3, 0.4) is 0 Å². The normalized spacial score (nSPS) is 15.5. The molecule has 1 aliphatic rings. The van der Waals surface area contributed by atoms with E-state index in [9.17, 15) is 22.0 Å². The third-order valence-corrected chi connectivity index (χ3v) is 7.68. The lowest BCUT2D eigenvalue weighted by Crippen LogP contribution is -2.50. The van der Waals surface area contributed by atoms with Crippen LogP contribution in [0.5, 0.6) is 0 Å². The molecule has 1 aliphatic heterocycles. The van der Waals surface area contributed by atoms with E-state index >= 15 is 0 Å². The van der Waals surface area contributed by atoms with E-state index in [4.69, 9.17) is 11.6 Å². The lowest BCUT2D eigenvalue weighted by molar-refractivity contribution is -0.131. The van der Waals surface area contributed by atoms with Crippen molar-refractivity contribution < 1.29 is 22.0 Å². The van der Waals surface area contributed by atoms with E-state index in [2.05, 4.69) is 0 Å². The number of hydrogen-bond acceptors (Lipinski definition) is 4. The number of carbonyl (C=O) groups is 1. The van der Waals surface area contributed by atoms with Gasteiger partial charge in [0, 0.05) is 48.3 Å². The molecule has 1 fully saturated rings. The van der Waals surface area contributed by atoms with E-state index in [-0.39, 0.29) is 37.0 Å². The Kier molecular flexibility index (Phi) is 7.15. The van der Waals surface area contributed by atoms with E-state index in [1.54, 1.807) is 28.8 Å². The molecule has 0 unspecified atom stereocenters. The van der Waals surface area contributed by atoms with Crippen LogP contribution in [0.15, 0.2) is 52.3 Å². The van der Waals surface area contributed by atoms with Gasteiger partial charge >= 0.3 is 0 Å². The zero-order valence-corrected chi connectivity index (χ0v) is 17.7. The Hall–Kier alpha value is -1.68. The zero-order chi connectivity index (χ0) is 21.0. The van der Waals surface area contributed by atoms with E-state index in [1.807, 2.05) is 12.1 Å². The van der Waals surface area contributed by atoms with Crippen LogP contribution in [-0.2, 0) is 14.8 Å². The van der Waals surface area contributed by atoms with Crippen molar-refractivity contribution in [1.82, 2.24) is 9.21 Å². The highest BCUT2D eigenvalue weighted by Gasteiger charge is 2.30. The molecule has 1 heterocycles. The number of amides is 1. The van der Waals surface area contributed by atoms with E-state index in [0.29, 0.717) is 23.3 Å². The van der Waals surface area contributed by atoms with Crippen LogP contribution in [0.25, 0.3) is 0 Å². The first-order valence-corrected chi connectivity index (χ1v) is 11.7. The molecule has 1 saturated heterocycles. The Morgan fingerprint density at radius 1 is 1.00 bits per heavy atom. The number of nitrogens with zero attached hydrogens (tertiary/aromatic N) is 2. The first kappa shape index (κ1) is 22.0. The summed E-state index contributed by atoms with van der Waals surface area (Å²) in [5, 5.41) is 0.654. The fourth-order valence-corrected chi connectivity index (χ4v) is 5.31. The van der Waals surface area contributed by atoms with Gasteiger partial charge in [-0.2, -0.15) is 4.31 Å². The summed E-state index contributed by atoms with van der Waals surface area (Å²) in [6, 6.07) is 9.87. The monoisotopic (exact) mass is 460 g/mol. The van der Waals surface area contributed by atoms with Gasteiger partial charge in [-0.25, -0.2) is 17.2 Å². The summed E-state index contributed by atoms with van der Waals surface area (Å²) in [5.41, 5.74) is 0. The standard InChI is InChI=1S/C19H19ClF2N2O3S2/c20-14-1-3-15(4-2-14)28-12-7-19(25)23-8-10-24(11-9-23)29(26,27)16-5-6-17(21)18(22)13-16/h1-6,13H,7-12H2. The maximum atomic E-state index is 13.4. The number of halogens is 3. The molecular weight excluding hydrogens is 442 g/mol. The molecule has 156 valence electrons. The lowest BCUT2D eigenvalue weighted by atomic mass is 10.3. The Bertz CT molecular complexity index is 979. The Balaban J connectivity index is 1.50. The van der Waals surface area contributed by atoms with Crippen LogP contribution >= 0.6 is 23.4 Å². The molecule has 1 amide bonds. The predicted molar refractivity (Wildman–Crippen MR) is 108 cm³/mol. The second-order valence-corrected chi connectivity index (χ2v) is 9.96. The third kappa shape index (κ3) is 5.48. The van der Waals surface area contributed by atoms with Crippen molar-refractivity contribution in [2.45, 2.75) is 16.2 Å². The summed E-state index contributed by atoms with van der Waals surface area (Å²) in [6.07, 6.45) is 0.337. The lowest BCUT2D eigenvalue weighted by Gasteiger charge is -2.34. The maximum Gasteiger partial charge on any atom is 0.243 e. The number of thioether (sulfide) groups is 1. The summed E-state index contributed by atoms with van der Waals surface area (Å²) >= 11 is 7.39. The fraction of sp³-hybridized carbons (Fsp3) is 0.316. The summed E-state index contributed by atoms with van der Waals surface area (Å²) in [6.45, 7) is 0.732. The molecule has 0 aliphatic carbocycles. The molecule has 0 saturated carbocycles. The maximum absolute atomic E-state index is 13.4. The van der Waals surface area contributed by atoms with Gasteiger partial charge in [-0.1, -0.05) is 11.6 Å². The number of hydrogen-bond donors (Lipinski definition) is 0. The molecule has 29 heavy (non-hydrogen) atoms. The van der Waals surface area contributed by atoms with Gasteiger partial charge in [0.05, 0.1) is 4.90 Å². The van der Waals surface area contributed by atoms with Crippen LogP contribution in [0.2, 0.25) is 5.02 Å². The highest BCUT2D eigenvalue weighted by molar-refractivity contribution is 7.99. The molecular formula is C19H19ClF2N2O3S2. The van der Waals surface area contributed by atoms with E-state index in [0.717, 1.165) is 17.0 Å². The van der Waals surface area contributed by atoms with Crippen molar-refractivity contribution in [3.05, 3.63) is 59.1 Å². The van der Waals surface area contributed by atoms with Gasteiger partial charge in [0.15, 0.2) is 11.6 Å². The first-order valence-electron chi connectivity index (χ1n) is 8.89. The molecule has 2 aromatic rings. The molecule has 5 nitrogen and oxygen atoms in total. The van der Waals surface area contributed by atoms with Crippen molar-refractivity contribution in [2.24, 2.45) is 0 Å². The second kappa shape index (κ2) is 9.42. The Labute approximate surface area is 177 Å². The van der Waals surface area contributed by atoms with Gasteiger partial charge in [0.2, 0.25) is 15.9 Å². The second-order valence-electron chi connectivity index (χ2n) is 6.41. The molecule has 0 bridgehead atoms. The predicted octanol–water partition coefficient (Wildman–Crippen LogP) is 3.63. The number of piperazine rings is 1. The zero-order valence-electron chi connectivity index (χ0n) is 15.4. The van der Waals surface area contributed by atoms with Crippen molar-refractivity contribution in [1.29, 1.82) is 0 Å². The molecule has 0 spiro atoms. The SMILES string of the molecule is O=C(CCSc1ccc(Cl)cc1)N1CCN(S(=O)(=O)c2ccc(F)c(F)c2)CC1. The van der Waals surface area contributed by atoms with Gasteiger partial charge in [-0.05, 0) is 42.5 Å². The molecule has 2 aromatic carbocycles. The van der Waals surface area contributed by atoms with Crippen LogP contribution in [0.1, 0.15) is 6.42 Å². The highest BCUT2D eigenvalue weighted by atomic mass is 35.5. The van der Waals surface area contributed by atoms with Crippen molar-refractivity contribution in [2.75, 3.05) is 31.9 Å². The van der Waals surface area contributed by atoms with Crippen molar-refractivity contribution >= 4 is 39.3 Å². The van der Waals surface area contributed by atoms with Gasteiger partial charge in [0.25, 0.3) is 0 Å². The average Bonchev–Trinajstić information content (AvgIpc) is 2.71. The Morgan fingerprint density at radius 3 is 2.28 bits per heavy atom. The van der Waals surface area contributed by atoms with Gasteiger partial charge in [-0.3, -0.25) is 4.79 Å². The molecule has 10 heteroatoms. The minimum absolute atomic E-state index is 0.0451. The van der Waals surface area contributed by atoms with E-state index in [1.165, 1.54) is 4.31 Å². The summed E-state index contributed by atoms with van der Waals surface area (Å²) in [5.74, 6) is -1.75. The molecule has 0 radical (unpaired) electrons.